The fourth-order valence-corrected chi connectivity index (χ4v) is 4.97. The number of nitrogens with one attached hydrogen (secondary N) is 1. The number of carbonyl (C=O) groups excluding carboxylic acids is 2. The van der Waals surface area contributed by atoms with E-state index in [0.29, 0.717) is 36.3 Å². The Morgan fingerprint density at radius 1 is 1.12 bits per heavy atom. The molecule has 2 amide bonds. The zero-order valence-electron chi connectivity index (χ0n) is 19.1. The SMILES string of the molecule is CC(C)C(=O)N1CCc2nc3cc([C@@H]4CCCCN4C(=O)c4ccccc4)[nH]n3c(=O)c2C1. The summed E-state index contributed by atoms with van der Waals surface area (Å²) in [7, 11) is 0. The standard InChI is InChI=1S/C25H29N5O3/c1-16(2)23(31)28-13-11-19-18(15-28)25(33)30-22(26-19)14-20(27-30)21-10-6-7-12-29(21)24(32)17-8-4-3-5-9-17/h3-5,8-9,14,16,21,27H,6-7,10-13,15H2,1-2H3/t21-/m0/s1. The molecule has 0 saturated carbocycles. The molecule has 0 spiro atoms. The highest BCUT2D eigenvalue weighted by Crippen LogP contribution is 2.32. The number of hydrogen-bond acceptors (Lipinski definition) is 4. The molecule has 8 heteroatoms. The van der Waals surface area contributed by atoms with Crippen molar-refractivity contribution < 1.29 is 9.59 Å². The molecule has 8 nitrogen and oxygen atoms in total. The molecule has 0 unspecified atom stereocenters. The number of hydrogen-bond donors (Lipinski definition) is 1. The maximum atomic E-state index is 13.3. The molecule has 1 atom stereocenters. The van der Waals surface area contributed by atoms with Crippen molar-refractivity contribution in [1.29, 1.82) is 0 Å². The van der Waals surface area contributed by atoms with Crippen LogP contribution >= 0.6 is 0 Å². The summed E-state index contributed by atoms with van der Waals surface area (Å²) in [6, 6.07) is 11.1. The lowest BCUT2D eigenvalue weighted by Crippen LogP contribution is -2.42. The lowest BCUT2D eigenvalue weighted by molar-refractivity contribution is -0.135. The van der Waals surface area contributed by atoms with E-state index in [-0.39, 0.29) is 35.9 Å². The van der Waals surface area contributed by atoms with Crippen LogP contribution in [0.15, 0.2) is 41.2 Å². The van der Waals surface area contributed by atoms with Gasteiger partial charge in [0.15, 0.2) is 5.65 Å². The lowest BCUT2D eigenvalue weighted by Gasteiger charge is -2.35. The fraction of sp³-hybridized carbons (Fsp3) is 0.440. The van der Waals surface area contributed by atoms with Crippen molar-refractivity contribution in [1.82, 2.24) is 24.4 Å². The normalized spacial score (nSPS) is 18.6. The molecule has 5 rings (SSSR count). The smallest absolute Gasteiger partial charge is 0.277 e. The minimum absolute atomic E-state index is 0.00129. The van der Waals surface area contributed by atoms with E-state index in [4.69, 9.17) is 4.98 Å². The van der Waals surface area contributed by atoms with Crippen LogP contribution in [0.3, 0.4) is 0 Å². The van der Waals surface area contributed by atoms with E-state index >= 15 is 0 Å². The van der Waals surface area contributed by atoms with Crippen molar-refractivity contribution in [3.8, 4) is 0 Å². The number of aromatic amines is 1. The second kappa shape index (κ2) is 8.50. The monoisotopic (exact) mass is 447 g/mol. The average molecular weight is 448 g/mol. The van der Waals surface area contributed by atoms with E-state index < -0.39 is 0 Å². The Labute approximate surface area is 192 Å². The van der Waals surface area contributed by atoms with E-state index in [0.717, 1.165) is 30.7 Å². The lowest BCUT2D eigenvalue weighted by atomic mass is 9.98. The van der Waals surface area contributed by atoms with Gasteiger partial charge in [0.05, 0.1) is 29.5 Å². The Morgan fingerprint density at radius 3 is 2.67 bits per heavy atom. The summed E-state index contributed by atoms with van der Waals surface area (Å²) in [6.07, 6.45) is 3.38. The maximum absolute atomic E-state index is 13.3. The number of amides is 2. The van der Waals surface area contributed by atoms with E-state index in [2.05, 4.69) is 5.10 Å². The minimum Gasteiger partial charge on any atom is -0.337 e. The number of likely N-dealkylation sites (tertiary alicyclic amines) is 1. The highest BCUT2D eigenvalue weighted by atomic mass is 16.2. The number of nitrogens with zero attached hydrogens (tertiary/aromatic N) is 4. The van der Waals surface area contributed by atoms with Gasteiger partial charge in [-0.05, 0) is 31.4 Å². The first-order valence-corrected chi connectivity index (χ1v) is 11.7. The van der Waals surface area contributed by atoms with Crippen LogP contribution < -0.4 is 5.56 Å². The van der Waals surface area contributed by atoms with E-state index in [1.807, 2.05) is 55.1 Å². The number of carbonyl (C=O) groups is 2. The second-order valence-electron chi connectivity index (χ2n) is 9.29. The topological polar surface area (TPSA) is 90.8 Å². The molecule has 4 heterocycles. The Morgan fingerprint density at radius 2 is 1.91 bits per heavy atom. The summed E-state index contributed by atoms with van der Waals surface area (Å²) in [4.78, 5) is 47.4. The molecule has 2 aromatic heterocycles. The Hall–Kier alpha value is -3.42. The summed E-state index contributed by atoms with van der Waals surface area (Å²) in [5.41, 5.74) is 3.22. The Kier molecular flexibility index (Phi) is 5.52. The average Bonchev–Trinajstić information content (AvgIpc) is 3.28. The molecule has 0 bridgehead atoms. The van der Waals surface area contributed by atoms with Gasteiger partial charge in [0, 0.05) is 37.1 Å². The largest absolute Gasteiger partial charge is 0.337 e. The van der Waals surface area contributed by atoms with Gasteiger partial charge in [-0.1, -0.05) is 32.0 Å². The third-order valence-electron chi connectivity index (χ3n) is 6.73. The fourth-order valence-electron chi connectivity index (χ4n) is 4.97. The highest BCUT2D eigenvalue weighted by Gasteiger charge is 2.31. The minimum atomic E-state index is -0.167. The second-order valence-corrected chi connectivity index (χ2v) is 9.29. The van der Waals surface area contributed by atoms with Crippen molar-refractivity contribution in [2.75, 3.05) is 13.1 Å². The number of H-pyrrole nitrogens is 1. The first kappa shape index (κ1) is 21.4. The van der Waals surface area contributed by atoms with E-state index in [1.54, 1.807) is 4.90 Å². The highest BCUT2D eigenvalue weighted by molar-refractivity contribution is 5.94. The van der Waals surface area contributed by atoms with Crippen LogP contribution in [0.4, 0.5) is 0 Å². The van der Waals surface area contributed by atoms with E-state index in [9.17, 15) is 14.4 Å². The summed E-state index contributed by atoms with van der Waals surface area (Å²) in [5, 5.41) is 3.23. The first-order chi connectivity index (χ1) is 15.9. The van der Waals surface area contributed by atoms with Crippen molar-refractivity contribution >= 4 is 17.5 Å². The Balaban J connectivity index is 1.49. The number of piperidine rings is 1. The molecule has 0 aliphatic carbocycles. The molecule has 3 aromatic rings. The van der Waals surface area contributed by atoms with Crippen LogP contribution in [0.25, 0.3) is 5.65 Å². The first-order valence-electron chi connectivity index (χ1n) is 11.7. The molecule has 33 heavy (non-hydrogen) atoms. The van der Waals surface area contributed by atoms with Gasteiger partial charge in [-0.2, -0.15) is 0 Å². The van der Waals surface area contributed by atoms with Gasteiger partial charge in [-0.15, -0.1) is 0 Å². The molecule has 0 radical (unpaired) electrons. The van der Waals surface area contributed by atoms with Gasteiger partial charge in [0.2, 0.25) is 5.91 Å². The summed E-state index contributed by atoms with van der Waals surface area (Å²) >= 11 is 0. The molecular weight excluding hydrogens is 418 g/mol. The van der Waals surface area contributed by atoms with Gasteiger partial charge in [0.1, 0.15) is 0 Å². The Bertz CT molecular complexity index is 1260. The predicted molar refractivity (Wildman–Crippen MR) is 124 cm³/mol. The maximum Gasteiger partial charge on any atom is 0.277 e. The van der Waals surface area contributed by atoms with Crippen molar-refractivity contribution in [3.05, 3.63) is 69.3 Å². The molecule has 1 N–H and O–H groups in total. The zero-order valence-corrected chi connectivity index (χ0v) is 19.1. The van der Waals surface area contributed by atoms with Gasteiger partial charge in [-0.3, -0.25) is 19.5 Å². The molecular formula is C25H29N5O3. The summed E-state index contributed by atoms with van der Waals surface area (Å²) in [5.74, 6) is -0.0569. The number of aromatic nitrogens is 3. The van der Waals surface area contributed by atoms with E-state index in [1.165, 1.54) is 4.52 Å². The number of fused-ring (bicyclic) bond motifs is 2. The van der Waals surface area contributed by atoms with Gasteiger partial charge in [-0.25, -0.2) is 9.50 Å². The number of benzene rings is 1. The van der Waals surface area contributed by atoms with Gasteiger partial charge < -0.3 is 9.80 Å². The third kappa shape index (κ3) is 3.83. The molecule has 1 saturated heterocycles. The molecule has 172 valence electrons. The van der Waals surface area contributed by atoms with Crippen LogP contribution in [0, 0.1) is 5.92 Å². The van der Waals surface area contributed by atoms with Crippen LogP contribution in [0.2, 0.25) is 0 Å². The van der Waals surface area contributed by atoms with Crippen molar-refractivity contribution in [3.63, 3.8) is 0 Å². The van der Waals surface area contributed by atoms with Gasteiger partial charge >= 0.3 is 0 Å². The van der Waals surface area contributed by atoms with Crippen molar-refractivity contribution in [2.45, 2.75) is 52.1 Å². The molecule has 2 aliphatic rings. The van der Waals surface area contributed by atoms with Crippen LogP contribution in [0.1, 0.15) is 66.5 Å². The molecule has 1 aromatic carbocycles. The molecule has 2 aliphatic heterocycles. The quantitative estimate of drug-likeness (QED) is 0.668. The van der Waals surface area contributed by atoms with Crippen LogP contribution in [0.5, 0.6) is 0 Å². The van der Waals surface area contributed by atoms with Crippen LogP contribution in [-0.2, 0) is 17.8 Å². The molecule has 1 fully saturated rings. The third-order valence-corrected chi connectivity index (χ3v) is 6.73. The van der Waals surface area contributed by atoms with Crippen LogP contribution in [-0.4, -0.2) is 49.3 Å². The number of rotatable bonds is 3. The zero-order chi connectivity index (χ0) is 23.1. The summed E-state index contributed by atoms with van der Waals surface area (Å²) in [6.45, 7) is 5.29. The van der Waals surface area contributed by atoms with Crippen molar-refractivity contribution in [2.24, 2.45) is 5.92 Å². The predicted octanol–water partition coefficient (Wildman–Crippen LogP) is 2.93. The summed E-state index contributed by atoms with van der Waals surface area (Å²) < 4.78 is 1.47. The van der Waals surface area contributed by atoms with Gasteiger partial charge in [0.25, 0.3) is 11.5 Å².